The fourth-order valence-corrected chi connectivity index (χ4v) is 0. The number of rotatable bonds is 0. The van der Waals surface area contributed by atoms with E-state index in [-0.39, 0.29) is 7.43 Å². The molecule has 0 spiro atoms. The zero-order chi connectivity index (χ0) is 2.71. The SMILES string of the molecule is C.OOO. The van der Waals surface area contributed by atoms with E-state index in [1.54, 1.807) is 0 Å². The van der Waals surface area contributed by atoms with Gasteiger partial charge in [0.1, 0.15) is 0 Å². The van der Waals surface area contributed by atoms with Crippen molar-refractivity contribution in [3.05, 3.63) is 0 Å². The Morgan fingerprint density at radius 2 is 1.25 bits per heavy atom. The molecule has 0 amide bonds. The van der Waals surface area contributed by atoms with E-state index in [0.29, 0.717) is 0 Å². The Morgan fingerprint density at radius 3 is 1.25 bits per heavy atom. The van der Waals surface area contributed by atoms with Crippen LogP contribution in [-0.2, 0) is 5.04 Å². The molecular weight excluding hydrogens is 60.0 g/mol. The zero-order valence-corrected chi connectivity index (χ0v) is 1.30. The second-order valence-corrected chi connectivity index (χ2v) is 0.0816. The first-order valence-corrected chi connectivity index (χ1v) is 0.365. The summed E-state index contributed by atoms with van der Waals surface area (Å²) >= 11 is 0. The van der Waals surface area contributed by atoms with E-state index in [1.165, 1.54) is 0 Å². The average Bonchev–Trinajstić information content (AvgIpc) is 0.918. The second kappa shape index (κ2) is 13.1. The summed E-state index contributed by atoms with van der Waals surface area (Å²) in [7, 11) is 0. The van der Waals surface area contributed by atoms with Crippen molar-refractivity contribution < 1.29 is 15.6 Å². The molecule has 0 bridgehead atoms. The minimum Gasteiger partial charge on any atom is -0.221 e. The summed E-state index contributed by atoms with van der Waals surface area (Å²) in [5.41, 5.74) is 0. The van der Waals surface area contributed by atoms with Crippen LogP contribution in [0, 0.1) is 0 Å². The second-order valence-electron chi connectivity index (χ2n) is 0.0816. The first-order chi connectivity index (χ1) is 1.41. The van der Waals surface area contributed by atoms with Crippen LogP contribution in [-0.4, -0.2) is 10.5 Å². The Labute approximate surface area is 24.3 Å². The summed E-state index contributed by atoms with van der Waals surface area (Å²) in [5, 5.41) is 15.5. The van der Waals surface area contributed by atoms with Gasteiger partial charge in [0, 0.05) is 0 Å². The van der Waals surface area contributed by atoms with Gasteiger partial charge in [-0.1, -0.05) is 12.5 Å². The fraction of sp³-hybridized carbons (Fsp3) is 1.00. The molecule has 3 nitrogen and oxygen atoms in total. The van der Waals surface area contributed by atoms with Gasteiger partial charge in [-0.3, -0.25) is 0 Å². The highest BCUT2D eigenvalue weighted by Crippen LogP contribution is 1.24. The van der Waals surface area contributed by atoms with Crippen LogP contribution in [0.25, 0.3) is 0 Å². The maximum absolute atomic E-state index is 6.62. The molecule has 0 heterocycles. The smallest absolute Gasteiger partial charge is 0.0737 e. The minimum absolute atomic E-state index is 0. The Hall–Kier alpha value is -0.120. The van der Waals surface area contributed by atoms with Crippen molar-refractivity contribution in [1.29, 1.82) is 0 Å². The molecule has 0 fully saturated rings. The molecule has 0 rings (SSSR count). The molecule has 0 aromatic rings. The zero-order valence-electron chi connectivity index (χ0n) is 1.30. The molecular formula is CH6O3. The highest BCUT2D eigenvalue weighted by Gasteiger charge is 1.27. The molecule has 0 saturated carbocycles. The largest absolute Gasteiger partial charge is 0.221 e. The lowest BCUT2D eigenvalue weighted by molar-refractivity contribution is -0.465. The van der Waals surface area contributed by atoms with Gasteiger partial charge in [0.05, 0.1) is 0 Å². The van der Waals surface area contributed by atoms with E-state index in [0.717, 1.165) is 0 Å². The normalized spacial score (nSPS) is 4.50. The molecule has 3 heteroatoms. The van der Waals surface area contributed by atoms with E-state index in [4.69, 9.17) is 10.5 Å². The third-order valence-electron chi connectivity index (χ3n) is 0. The topological polar surface area (TPSA) is 49.7 Å². The van der Waals surface area contributed by atoms with Gasteiger partial charge >= 0.3 is 0 Å². The molecule has 2 N–H and O–H groups in total. The maximum Gasteiger partial charge on any atom is -0.0737 e. The lowest BCUT2D eigenvalue weighted by atomic mass is 12.0. The minimum atomic E-state index is 0. The van der Waals surface area contributed by atoms with Crippen LogP contribution in [0.1, 0.15) is 7.43 Å². The van der Waals surface area contributed by atoms with Gasteiger partial charge in [-0.2, -0.15) is 0 Å². The third kappa shape index (κ3) is 101. The molecule has 28 valence electrons. The average molecular weight is 66.1 g/mol. The van der Waals surface area contributed by atoms with E-state index in [1.807, 2.05) is 0 Å². The molecule has 0 atom stereocenters. The van der Waals surface area contributed by atoms with Crippen LogP contribution in [0.4, 0.5) is 0 Å². The van der Waals surface area contributed by atoms with Crippen LogP contribution in [0.15, 0.2) is 0 Å². The van der Waals surface area contributed by atoms with Crippen LogP contribution in [0.3, 0.4) is 0 Å². The van der Waals surface area contributed by atoms with Gasteiger partial charge < -0.3 is 0 Å². The van der Waals surface area contributed by atoms with E-state index in [9.17, 15) is 0 Å². The van der Waals surface area contributed by atoms with Gasteiger partial charge in [-0.05, 0) is 0 Å². The molecule has 0 aliphatic rings. The highest BCUT2D eigenvalue weighted by atomic mass is 17.4. The van der Waals surface area contributed by atoms with Crippen LogP contribution < -0.4 is 0 Å². The molecule has 0 aromatic heterocycles. The van der Waals surface area contributed by atoms with Crippen LogP contribution >= 0.6 is 0 Å². The summed E-state index contributed by atoms with van der Waals surface area (Å²) in [6.07, 6.45) is 0. The van der Waals surface area contributed by atoms with E-state index < -0.39 is 0 Å². The van der Waals surface area contributed by atoms with Gasteiger partial charge in [0.2, 0.25) is 0 Å². The van der Waals surface area contributed by atoms with Crippen molar-refractivity contribution in [3.63, 3.8) is 0 Å². The Balaban J connectivity index is 0. The molecule has 0 radical (unpaired) electrons. The Kier molecular flexibility index (Phi) is 29.9. The highest BCUT2D eigenvalue weighted by molar-refractivity contribution is 2.50. The summed E-state index contributed by atoms with van der Waals surface area (Å²) < 4.78 is 0. The molecule has 0 aromatic carbocycles. The fourth-order valence-electron chi connectivity index (χ4n) is 0. The van der Waals surface area contributed by atoms with Gasteiger partial charge in [0.25, 0.3) is 0 Å². The van der Waals surface area contributed by atoms with Crippen molar-refractivity contribution >= 4 is 0 Å². The molecule has 0 aliphatic carbocycles. The summed E-state index contributed by atoms with van der Waals surface area (Å²) in [6, 6.07) is 0. The quantitative estimate of drug-likeness (QED) is 0.321. The Bertz CT molecular complexity index is 3.25. The maximum atomic E-state index is 6.62. The van der Waals surface area contributed by atoms with Crippen LogP contribution in [0.2, 0.25) is 0 Å². The molecule has 0 unspecified atom stereocenters. The summed E-state index contributed by atoms with van der Waals surface area (Å²) in [6.45, 7) is 0. The van der Waals surface area contributed by atoms with Crippen molar-refractivity contribution in [3.8, 4) is 0 Å². The lowest BCUT2D eigenvalue weighted by Crippen LogP contribution is -1.60. The first-order valence-electron chi connectivity index (χ1n) is 0.365. The molecule has 0 aliphatic heterocycles. The van der Waals surface area contributed by atoms with Crippen LogP contribution in [0.5, 0.6) is 0 Å². The first kappa shape index (κ1) is 9.11. The van der Waals surface area contributed by atoms with Crippen molar-refractivity contribution in [2.75, 3.05) is 0 Å². The van der Waals surface area contributed by atoms with E-state index in [2.05, 4.69) is 5.04 Å². The van der Waals surface area contributed by atoms with Crippen molar-refractivity contribution in [1.82, 2.24) is 0 Å². The van der Waals surface area contributed by atoms with Gasteiger partial charge in [0.15, 0.2) is 0 Å². The lowest BCUT2D eigenvalue weighted by Gasteiger charge is -1.56. The number of hydrogen-bond acceptors (Lipinski definition) is 3. The van der Waals surface area contributed by atoms with Gasteiger partial charge in [-0.15, -0.1) is 0 Å². The summed E-state index contributed by atoms with van der Waals surface area (Å²) in [4.78, 5) is 0. The predicted molar refractivity (Wildman–Crippen MR) is 13.1 cm³/mol. The standard InChI is InChI=1S/CH4.H2O3/c;1-3-2/h1H4;1-2H. The molecule has 4 heavy (non-hydrogen) atoms. The predicted octanol–water partition coefficient (Wildman–Crippen LogP) is 0.585. The monoisotopic (exact) mass is 66.0 g/mol. The molecule has 0 saturated heterocycles. The summed E-state index contributed by atoms with van der Waals surface area (Å²) in [5.74, 6) is 0. The Morgan fingerprint density at radius 1 is 1.25 bits per heavy atom. The number of hydrogen-bond donors (Lipinski definition) is 2. The van der Waals surface area contributed by atoms with Crippen molar-refractivity contribution in [2.45, 2.75) is 7.43 Å². The third-order valence-corrected chi connectivity index (χ3v) is 0. The van der Waals surface area contributed by atoms with Gasteiger partial charge in [-0.25, -0.2) is 10.5 Å². The van der Waals surface area contributed by atoms with Crippen molar-refractivity contribution in [2.24, 2.45) is 0 Å². The van der Waals surface area contributed by atoms with E-state index >= 15 is 0 Å².